The summed E-state index contributed by atoms with van der Waals surface area (Å²) in [4.78, 5) is 26.4. The SMILES string of the molecule is Cc1nc(C)c(C2CC=CN2C(=O)N2CC(Oc3cc(-c4c(C)cnn4C)ncc3F)C2)s1. The average Bonchev–Trinajstić information content (AvgIpc) is 3.44. The van der Waals surface area contributed by atoms with E-state index in [0.717, 1.165) is 39.5 Å². The number of aromatic nitrogens is 4. The minimum Gasteiger partial charge on any atom is -0.483 e. The molecular weight excluding hydrogens is 443 g/mol. The molecule has 1 unspecified atom stereocenters. The molecule has 0 aliphatic carbocycles. The van der Waals surface area contributed by atoms with Crippen molar-refractivity contribution in [1.29, 1.82) is 0 Å². The number of rotatable bonds is 4. The summed E-state index contributed by atoms with van der Waals surface area (Å²) in [6, 6.07) is 1.50. The number of pyridine rings is 1. The Balaban J connectivity index is 1.25. The quantitative estimate of drug-likeness (QED) is 0.575. The zero-order chi connectivity index (χ0) is 23.3. The lowest BCUT2D eigenvalue weighted by Gasteiger charge is -2.41. The molecule has 1 atom stereocenters. The first-order chi connectivity index (χ1) is 15.8. The second-order valence-corrected chi connectivity index (χ2v) is 9.69. The fraction of sp³-hybridized carbons (Fsp3) is 0.391. The zero-order valence-corrected chi connectivity index (χ0v) is 19.8. The molecule has 33 heavy (non-hydrogen) atoms. The number of ether oxygens (including phenoxy) is 1. The Kier molecular flexibility index (Phi) is 5.40. The van der Waals surface area contributed by atoms with Crippen LogP contribution < -0.4 is 4.74 Å². The van der Waals surface area contributed by atoms with Gasteiger partial charge in [0.2, 0.25) is 0 Å². The van der Waals surface area contributed by atoms with Crippen molar-refractivity contribution in [3.63, 3.8) is 0 Å². The minimum absolute atomic E-state index is 0.0222. The Morgan fingerprint density at radius 3 is 2.70 bits per heavy atom. The summed E-state index contributed by atoms with van der Waals surface area (Å²) in [7, 11) is 1.82. The average molecular weight is 469 g/mol. The van der Waals surface area contributed by atoms with Gasteiger partial charge >= 0.3 is 6.03 Å². The van der Waals surface area contributed by atoms with Crippen molar-refractivity contribution in [1.82, 2.24) is 29.5 Å². The summed E-state index contributed by atoms with van der Waals surface area (Å²) in [5.74, 6) is -0.394. The molecule has 5 rings (SSSR count). The molecule has 5 heterocycles. The maximum Gasteiger partial charge on any atom is 0.324 e. The molecule has 0 aromatic carbocycles. The van der Waals surface area contributed by atoms with Gasteiger partial charge in [-0.3, -0.25) is 14.6 Å². The van der Waals surface area contributed by atoms with Crippen LogP contribution in [0.2, 0.25) is 0 Å². The van der Waals surface area contributed by atoms with Gasteiger partial charge in [-0.2, -0.15) is 5.10 Å². The van der Waals surface area contributed by atoms with E-state index in [2.05, 4.69) is 15.1 Å². The number of thiazole rings is 1. The predicted molar refractivity (Wildman–Crippen MR) is 122 cm³/mol. The van der Waals surface area contributed by atoms with Crippen molar-refractivity contribution >= 4 is 17.4 Å². The number of nitrogens with zero attached hydrogens (tertiary/aromatic N) is 6. The van der Waals surface area contributed by atoms with E-state index >= 15 is 0 Å². The van der Waals surface area contributed by atoms with Gasteiger partial charge in [0.15, 0.2) is 11.6 Å². The molecule has 10 heteroatoms. The predicted octanol–water partition coefficient (Wildman–Crippen LogP) is 4.15. The van der Waals surface area contributed by atoms with E-state index < -0.39 is 5.82 Å². The third-order valence-electron chi connectivity index (χ3n) is 6.02. The van der Waals surface area contributed by atoms with Gasteiger partial charge in [0.1, 0.15) is 6.10 Å². The lowest BCUT2D eigenvalue weighted by molar-refractivity contribution is 0.0306. The standard InChI is InChI=1S/C23H25FN6O2S/c1-13-9-26-28(4)21(13)18-8-20(17(24)10-25-18)32-16-11-29(12-16)23(31)30-7-5-6-19(30)22-14(2)27-15(3)33-22/h5,7-10,16,19H,6,11-12H2,1-4H3. The first-order valence-corrected chi connectivity index (χ1v) is 11.6. The monoisotopic (exact) mass is 468 g/mol. The summed E-state index contributed by atoms with van der Waals surface area (Å²) in [5.41, 5.74) is 3.33. The second-order valence-electron chi connectivity index (χ2n) is 8.45. The van der Waals surface area contributed by atoms with Gasteiger partial charge < -0.3 is 9.64 Å². The van der Waals surface area contributed by atoms with Gasteiger partial charge in [0.05, 0.1) is 58.5 Å². The van der Waals surface area contributed by atoms with Gasteiger partial charge in [-0.05, 0) is 32.8 Å². The van der Waals surface area contributed by atoms with Crippen molar-refractivity contribution < 1.29 is 13.9 Å². The van der Waals surface area contributed by atoms with Crippen LogP contribution in [0.3, 0.4) is 0 Å². The summed E-state index contributed by atoms with van der Waals surface area (Å²) in [6.45, 7) is 6.69. The Morgan fingerprint density at radius 1 is 1.24 bits per heavy atom. The van der Waals surface area contributed by atoms with Gasteiger partial charge in [0, 0.05) is 19.3 Å². The summed E-state index contributed by atoms with van der Waals surface area (Å²) < 4.78 is 22.0. The van der Waals surface area contributed by atoms with E-state index in [1.54, 1.807) is 38.1 Å². The topological polar surface area (TPSA) is 76.4 Å². The molecular formula is C23H25FN6O2S. The number of carbonyl (C=O) groups excluding carboxylic acids is 1. The fourth-order valence-corrected chi connectivity index (χ4v) is 5.41. The molecule has 2 amide bonds. The molecule has 2 aliphatic heterocycles. The van der Waals surface area contributed by atoms with Crippen LogP contribution >= 0.6 is 11.3 Å². The van der Waals surface area contributed by atoms with Crippen LogP contribution in [-0.4, -0.2) is 54.8 Å². The molecule has 1 saturated heterocycles. The number of hydrogen-bond acceptors (Lipinski definition) is 6. The third-order valence-corrected chi connectivity index (χ3v) is 7.19. The number of carbonyl (C=O) groups is 1. The molecule has 0 bridgehead atoms. The zero-order valence-electron chi connectivity index (χ0n) is 18.9. The highest BCUT2D eigenvalue weighted by Crippen LogP contribution is 2.37. The van der Waals surface area contributed by atoms with E-state index in [0.29, 0.717) is 18.8 Å². The number of hydrogen-bond donors (Lipinski definition) is 0. The number of aryl methyl sites for hydroxylation is 4. The number of amides is 2. The highest BCUT2D eigenvalue weighted by molar-refractivity contribution is 7.11. The second kappa shape index (κ2) is 8.26. The van der Waals surface area contributed by atoms with Crippen LogP contribution in [0.4, 0.5) is 9.18 Å². The summed E-state index contributed by atoms with van der Waals surface area (Å²) >= 11 is 1.63. The van der Waals surface area contributed by atoms with E-state index in [9.17, 15) is 9.18 Å². The Labute approximate surface area is 195 Å². The van der Waals surface area contributed by atoms with Crippen molar-refractivity contribution in [3.8, 4) is 17.1 Å². The number of likely N-dealkylation sites (tertiary alicyclic amines) is 1. The van der Waals surface area contributed by atoms with E-state index in [-0.39, 0.29) is 23.9 Å². The fourth-order valence-electron chi connectivity index (χ4n) is 4.37. The third kappa shape index (κ3) is 3.88. The molecule has 0 radical (unpaired) electrons. The summed E-state index contributed by atoms with van der Waals surface area (Å²) in [5, 5.41) is 5.22. The Hall–Kier alpha value is -3.27. The van der Waals surface area contributed by atoms with Crippen LogP contribution in [-0.2, 0) is 7.05 Å². The molecule has 1 fully saturated rings. The van der Waals surface area contributed by atoms with Crippen LogP contribution in [0.1, 0.15) is 33.6 Å². The lowest BCUT2D eigenvalue weighted by Crippen LogP contribution is -2.58. The Bertz CT molecular complexity index is 1230. The van der Waals surface area contributed by atoms with Crippen LogP contribution in [0.25, 0.3) is 11.4 Å². The molecule has 3 aromatic rings. The van der Waals surface area contributed by atoms with Crippen LogP contribution in [0.15, 0.2) is 30.7 Å². The minimum atomic E-state index is -0.526. The molecule has 2 aliphatic rings. The maximum atomic E-state index is 14.4. The highest BCUT2D eigenvalue weighted by atomic mass is 32.1. The summed E-state index contributed by atoms with van der Waals surface area (Å²) in [6.07, 6.45) is 7.27. The van der Waals surface area contributed by atoms with Gasteiger partial charge in [0.25, 0.3) is 0 Å². The van der Waals surface area contributed by atoms with Gasteiger partial charge in [-0.15, -0.1) is 11.3 Å². The molecule has 0 spiro atoms. The molecule has 0 saturated carbocycles. The van der Waals surface area contributed by atoms with Crippen molar-refractivity contribution in [2.24, 2.45) is 7.05 Å². The van der Waals surface area contributed by atoms with Crippen molar-refractivity contribution in [2.45, 2.75) is 39.3 Å². The molecule has 172 valence electrons. The van der Waals surface area contributed by atoms with E-state index in [1.165, 1.54) is 0 Å². The molecule has 3 aromatic heterocycles. The van der Waals surface area contributed by atoms with Crippen LogP contribution in [0, 0.1) is 26.6 Å². The van der Waals surface area contributed by atoms with Gasteiger partial charge in [-0.1, -0.05) is 6.08 Å². The first kappa shape index (κ1) is 21.6. The molecule has 0 N–H and O–H groups in total. The first-order valence-electron chi connectivity index (χ1n) is 10.8. The Morgan fingerprint density at radius 2 is 2.03 bits per heavy atom. The number of halogens is 1. The normalized spacial score (nSPS) is 18.2. The maximum absolute atomic E-state index is 14.4. The van der Waals surface area contributed by atoms with Crippen molar-refractivity contribution in [2.75, 3.05) is 13.1 Å². The van der Waals surface area contributed by atoms with E-state index in [4.69, 9.17) is 4.74 Å². The highest BCUT2D eigenvalue weighted by Gasteiger charge is 2.39. The smallest absolute Gasteiger partial charge is 0.324 e. The largest absolute Gasteiger partial charge is 0.483 e. The lowest BCUT2D eigenvalue weighted by atomic mass is 10.1. The van der Waals surface area contributed by atoms with Crippen LogP contribution in [0.5, 0.6) is 5.75 Å². The van der Waals surface area contributed by atoms with Crippen molar-refractivity contribution in [3.05, 3.63) is 57.7 Å². The molecule has 8 nitrogen and oxygen atoms in total. The number of urea groups is 1. The van der Waals surface area contributed by atoms with Gasteiger partial charge in [-0.25, -0.2) is 14.2 Å². The van der Waals surface area contributed by atoms with E-state index in [1.807, 2.05) is 40.1 Å².